The molecule has 0 aromatic carbocycles. The highest BCUT2D eigenvalue weighted by molar-refractivity contribution is 4.46. The number of hydrogen-bond donors (Lipinski definition) is 1. The third kappa shape index (κ3) is 11.8. The summed E-state index contributed by atoms with van der Waals surface area (Å²) in [5, 5.41) is 2.98. The van der Waals surface area contributed by atoms with Gasteiger partial charge in [0, 0.05) is 20.3 Å². The lowest BCUT2D eigenvalue weighted by Crippen LogP contribution is -2.18. The van der Waals surface area contributed by atoms with Gasteiger partial charge < -0.3 is 14.8 Å². The number of hydrogen-bond acceptors (Lipinski definition) is 3. The lowest BCUT2D eigenvalue weighted by Gasteiger charge is -2.03. The minimum absolute atomic E-state index is 0.287. The van der Waals surface area contributed by atoms with Crippen LogP contribution in [-0.2, 0) is 9.47 Å². The Bertz CT molecular complexity index is 83.7. The molecule has 0 aromatic rings. The Morgan fingerprint density at radius 1 is 1.08 bits per heavy atom. The van der Waals surface area contributed by atoms with Gasteiger partial charge in [0.1, 0.15) is 6.67 Å². The van der Waals surface area contributed by atoms with Crippen molar-refractivity contribution in [3.8, 4) is 0 Å². The average molecular weight is 193 g/mol. The number of ether oxygens (including phenoxy) is 2. The van der Waals surface area contributed by atoms with E-state index < -0.39 is 0 Å². The molecule has 4 heteroatoms. The van der Waals surface area contributed by atoms with Gasteiger partial charge in [-0.2, -0.15) is 0 Å². The second-order valence-corrected chi connectivity index (χ2v) is 2.75. The molecule has 0 heterocycles. The van der Waals surface area contributed by atoms with Gasteiger partial charge in [0.25, 0.3) is 0 Å². The summed E-state index contributed by atoms with van der Waals surface area (Å²) < 4.78 is 21.7. The van der Waals surface area contributed by atoms with Crippen molar-refractivity contribution in [2.24, 2.45) is 0 Å². The third-order valence-electron chi connectivity index (χ3n) is 1.60. The number of methoxy groups -OCH3 is 1. The molecule has 80 valence electrons. The zero-order chi connectivity index (χ0) is 9.78. The Labute approximate surface area is 79.6 Å². The van der Waals surface area contributed by atoms with E-state index in [0.717, 1.165) is 26.0 Å². The molecular weight excluding hydrogens is 173 g/mol. The van der Waals surface area contributed by atoms with E-state index in [9.17, 15) is 4.39 Å². The lowest BCUT2D eigenvalue weighted by molar-refractivity contribution is 0.0688. The van der Waals surface area contributed by atoms with Gasteiger partial charge in [-0.05, 0) is 19.4 Å². The fraction of sp³-hybridized carbons (Fsp3) is 1.00. The molecule has 0 aromatic heterocycles. The smallest absolute Gasteiger partial charge is 0.102 e. The minimum Gasteiger partial charge on any atom is -0.382 e. The highest BCUT2D eigenvalue weighted by Crippen LogP contribution is 1.88. The molecule has 0 unspecified atom stereocenters. The fourth-order valence-corrected chi connectivity index (χ4v) is 0.890. The van der Waals surface area contributed by atoms with Gasteiger partial charge in [-0.3, -0.25) is 0 Å². The molecule has 0 saturated carbocycles. The standard InChI is InChI=1S/C9H20FNO2/c1-12-8-9-13-7-3-2-5-11-6-4-10/h11H,2-9H2,1H3. The van der Waals surface area contributed by atoms with Gasteiger partial charge in [-0.1, -0.05) is 0 Å². The van der Waals surface area contributed by atoms with Crippen LogP contribution in [0, 0.1) is 0 Å². The summed E-state index contributed by atoms with van der Waals surface area (Å²) >= 11 is 0. The SMILES string of the molecule is COCCOCCCCNCCF. The Kier molecular flexibility index (Phi) is 11.6. The van der Waals surface area contributed by atoms with Gasteiger partial charge in [0.2, 0.25) is 0 Å². The van der Waals surface area contributed by atoms with Crippen LogP contribution in [0.15, 0.2) is 0 Å². The van der Waals surface area contributed by atoms with Crippen molar-refractivity contribution in [2.45, 2.75) is 12.8 Å². The molecule has 0 aliphatic rings. The molecule has 0 bridgehead atoms. The Hall–Kier alpha value is -0.190. The number of alkyl halides is 1. The van der Waals surface area contributed by atoms with Crippen LogP contribution in [0.4, 0.5) is 4.39 Å². The van der Waals surface area contributed by atoms with Crippen molar-refractivity contribution in [2.75, 3.05) is 46.7 Å². The third-order valence-corrected chi connectivity index (χ3v) is 1.60. The van der Waals surface area contributed by atoms with E-state index in [1.165, 1.54) is 0 Å². The summed E-state index contributed by atoms with van der Waals surface area (Å²) in [5.74, 6) is 0. The highest BCUT2D eigenvalue weighted by Gasteiger charge is 1.90. The van der Waals surface area contributed by atoms with Gasteiger partial charge in [-0.25, -0.2) is 4.39 Å². The van der Waals surface area contributed by atoms with Gasteiger partial charge in [0.05, 0.1) is 13.2 Å². The van der Waals surface area contributed by atoms with Crippen LogP contribution in [0.2, 0.25) is 0 Å². The first-order valence-corrected chi connectivity index (χ1v) is 4.75. The fourth-order valence-electron chi connectivity index (χ4n) is 0.890. The second-order valence-electron chi connectivity index (χ2n) is 2.75. The van der Waals surface area contributed by atoms with E-state index in [1.54, 1.807) is 7.11 Å². The first-order chi connectivity index (χ1) is 6.41. The normalized spacial score (nSPS) is 10.6. The van der Waals surface area contributed by atoms with E-state index in [1.807, 2.05) is 0 Å². The van der Waals surface area contributed by atoms with E-state index in [0.29, 0.717) is 19.8 Å². The van der Waals surface area contributed by atoms with Crippen LogP contribution >= 0.6 is 0 Å². The first-order valence-electron chi connectivity index (χ1n) is 4.75. The maximum absolute atomic E-state index is 11.6. The van der Waals surface area contributed by atoms with Crippen molar-refractivity contribution in [3.63, 3.8) is 0 Å². The van der Waals surface area contributed by atoms with Crippen molar-refractivity contribution >= 4 is 0 Å². The monoisotopic (exact) mass is 193 g/mol. The average Bonchev–Trinajstić information content (AvgIpc) is 2.16. The van der Waals surface area contributed by atoms with Crippen LogP contribution in [-0.4, -0.2) is 46.7 Å². The molecule has 0 fully saturated rings. The molecule has 0 saturated heterocycles. The first kappa shape index (κ1) is 12.8. The zero-order valence-electron chi connectivity index (χ0n) is 8.35. The van der Waals surface area contributed by atoms with Crippen LogP contribution in [0.1, 0.15) is 12.8 Å². The van der Waals surface area contributed by atoms with Crippen molar-refractivity contribution in [3.05, 3.63) is 0 Å². The van der Waals surface area contributed by atoms with Crippen molar-refractivity contribution in [1.29, 1.82) is 0 Å². The molecule has 0 radical (unpaired) electrons. The topological polar surface area (TPSA) is 30.5 Å². The van der Waals surface area contributed by atoms with Gasteiger partial charge in [-0.15, -0.1) is 0 Å². The molecule has 0 rings (SSSR count). The van der Waals surface area contributed by atoms with Gasteiger partial charge >= 0.3 is 0 Å². The summed E-state index contributed by atoms with van der Waals surface area (Å²) in [6.07, 6.45) is 2.05. The van der Waals surface area contributed by atoms with E-state index >= 15 is 0 Å². The molecular formula is C9H20FNO2. The number of unbranched alkanes of at least 4 members (excludes halogenated alkanes) is 1. The minimum atomic E-state index is -0.287. The Balaban J connectivity index is 2.76. The maximum Gasteiger partial charge on any atom is 0.102 e. The summed E-state index contributed by atoms with van der Waals surface area (Å²) in [4.78, 5) is 0. The van der Waals surface area contributed by atoms with Crippen molar-refractivity contribution < 1.29 is 13.9 Å². The maximum atomic E-state index is 11.6. The predicted molar refractivity (Wildman–Crippen MR) is 50.8 cm³/mol. The summed E-state index contributed by atoms with van der Waals surface area (Å²) in [5.41, 5.74) is 0. The quantitative estimate of drug-likeness (QED) is 0.525. The van der Waals surface area contributed by atoms with E-state index in [-0.39, 0.29) is 6.67 Å². The molecule has 0 amide bonds. The molecule has 1 N–H and O–H groups in total. The predicted octanol–water partition coefficient (Wildman–Crippen LogP) is 0.989. The lowest BCUT2D eigenvalue weighted by atomic mass is 10.3. The van der Waals surface area contributed by atoms with E-state index in [2.05, 4.69) is 5.32 Å². The number of halogens is 1. The Morgan fingerprint density at radius 2 is 1.92 bits per heavy atom. The molecule has 0 spiro atoms. The highest BCUT2D eigenvalue weighted by atomic mass is 19.1. The molecule has 0 atom stereocenters. The van der Waals surface area contributed by atoms with E-state index in [4.69, 9.17) is 9.47 Å². The zero-order valence-corrected chi connectivity index (χ0v) is 8.35. The molecule has 0 aliphatic carbocycles. The summed E-state index contributed by atoms with van der Waals surface area (Å²) in [6.45, 7) is 3.13. The van der Waals surface area contributed by atoms with Crippen molar-refractivity contribution in [1.82, 2.24) is 5.32 Å². The van der Waals surface area contributed by atoms with Crippen LogP contribution in [0.3, 0.4) is 0 Å². The van der Waals surface area contributed by atoms with Crippen LogP contribution in [0.25, 0.3) is 0 Å². The van der Waals surface area contributed by atoms with Gasteiger partial charge in [0.15, 0.2) is 0 Å². The number of rotatable bonds is 10. The molecule has 0 aliphatic heterocycles. The Morgan fingerprint density at radius 3 is 2.62 bits per heavy atom. The number of nitrogens with one attached hydrogen (secondary N) is 1. The summed E-state index contributed by atoms with van der Waals surface area (Å²) in [6, 6.07) is 0. The molecule has 3 nitrogen and oxygen atoms in total. The molecule has 13 heavy (non-hydrogen) atoms. The largest absolute Gasteiger partial charge is 0.382 e. The summed E-state index contributed by atoms with van der Waals surface area (Å²) in [7, 11) is 1.66. The second kappa shape index (κ2) is 11.8. The van der Waals surface area contributed by atoms with Crippen LogP contribution in [0.5, 0.6) is 0 Å². The van der Waals surface area contributed by atoms with Crippen LogP contribution < -0.4 is 5.32 Å².